The summed E-state index contributed by atoms with van der Waals surface area (Å²) < 4.78 is 13.3. The number of hydrogen-bond donors (Lipinski definition) is 2. The largest absolute Gasteiger partial charge is 0.381 e. The highest BCUT2D eigenvalue weighted by Gasteiger charge is 2.52. The molecule has 0 unspecified atom stereocenters. The Morgan fingerprint density at radius 2 is 1.91 bits per heavy atom. The highest BCUT2D eigenvalue weighted by molar-refractivity contribution is 6.76. The SMILES string of the molecule is CCn1nccc1C(=O)N[C@H](C(=O)Nc1cc2c(cn1)C1(CCOCC1)C(=O)N2COCC[Si](C)(C)C)C1CCC(C)CC1. The van der Waals surface area contributed by atoms with E-state index in [0.29, 0.717) is 62.3 Å². The first-order chi connectivity index (χ1) is 21.0. The summed E-state index contributed by atoms with van der Waals surface area (Å²) in [5.41, 5.74) is 1.31. The molecule has 11 nitrogen and oxygen atoms in total. The Bertz CT molecular complexity index is 1340. The van der Waals surface area contributed by atoms with Crippen LogP contribution in [-0.4, -0.2) is 73.2 Å². The van der Waals surface area contributed by atoms with E-state index in [1.54, 1.807) is 34.1 Å². The third-order valence-electron chi connectivity index (χ3n) is 9.51. The van der Waals surface area contributed by atoms with Crippen molar-refractivity contribution in [3.63, 3.8) is 0 Å². The Kier molecular flexibility index (Phi) is 9.91. The molecule has 5 rings (SSSR count). The van der Waals surface area contributed by atoms with Gasteiger partial charge in [0.2, 0.25) is 11.8 Å². The van der Waals surface area contributed by atoms with E-state index in [9.17, 15) is 14.4 Å². The smallest absolute Gasteiger partial charge is 0.270 e. The zero-order valence-corrected chi connectivity index (χ0v) is 27.9. The molecule has 0 bridgehead atoms. The number of carbonyl (C=O) groups excluding carboxylic acids is 3. The molecule has 0 aromatic carbocycles. The molecule has 1 aliphatic carbocycles. The topological polar surface area (TPSA) is 128 Å². The average Bonchev–Trinajstić information content (AvgIpc) is 3.56. The normalized spacial score (nSPS) is 22.1. The van der Waals surface area contributed by atoms with Gasteiger partial charge < -0.3 is 20.1 Å². The second kappa shape index (κ2) is 13.5. The number of hydrogen-bond acceptors (Lipinski definition) is 7. The minimum atomic E-state index is -1.29. The molecule has 3 aliphatic rings. The first-order valence-corrected chi connectivity index (χ1v) is 19.8. The molecule has 1 atom stereocenters. The summed E-state index contributed by atoms with van der Waals surface area (Å²) in [6.45, 7) is 13.4. The molecular formula is C32H48N6O5Si. The van der Waals surface area contributed by atoms with E-state index in [0.717, 1.165) is 37.3 Å². The van der Waals surface area contributed by atoms with Gasteiger partial charge in [0, 0.05) is 58.5 Å². The van der Waals surface area contributed by atoms with E-state index in [1.807, 2.05) is 6.92 Å². The van der Waals surface area contributed by atoms with Gasteiger partial charge in [0.1, 0.15) is 24.3 Å². The van der Waals surface area contributed by atoms with E-state index >= 15 is 0 Å². The summed E-state index contributed by atoms with van der Waals surface area (Å²) in [7, 11) is -1.29. The molecule has 12 heteroatoms. The van der Waals surface area contributed by atoms with Crippen LogP contribution in [0.25, 0.3) is 0 Å². The van der Waals surface area contributed by atoms with Crippen molar-refractivity contribution in [2.75, 3.05) is 36.8 Å². The second-order valence-corrected chi connectivity index (χ2v) is 19.5. The Hall–Kier alpha value is -3.09. The molecule has 1 saturated heterocycles. The summed E-state index contributed by atoms with van der Waals surface area (Å²) >= 11 is 0. The molecule has 2 aromatic heterocycles. The minimum Gasteiger partial charge on any atom is -0.381 e. The molecule has 2 fully saturated rings. The molecule has 44 heavy (non-hydrogen) atoms. The van der Waals surface area contributed by atoms with Crippen LogP contribution in [0.15, 0.2) is 24.5 Å². The van der Waals surface area contributed by atoms with Gasteiger partial charge in [-0.25, -0.2) is 4.98 Å². The fourth-order valence-electron chi connectivity index (χ4n) is 6.67. The van der Waals surface area contributed by atoms with Crippen LogP contribution >= 0.6 is 0 Å². The highest BCUT2D eigenvalue weighted by atomic mass is 28.3. The van der Waals surface area contributed by atoms with Crippen molar-refractivity contribution in [2.24, 2.45) is 11.8 Å². The fraction of sp³-hybridized carbons (Fsp3) is 0.656. The lowest BCUT2D eigenvalue weighted by molar-refractivity contribution is -0.127. The Morgan fingerprint density at radius 3 is 2.59 bits per heavy atom. The average molecular weight is 625 g/mol. The van der Waals surface area contributed by atoms with Crippen LogP contribution in [0.1, 0.15) is 68.4 Å². The summed E-state index contributed by atoms with van der Waals surface area (Å²) in [6, 6.07) is 3.73. The third kappa shape index (κ3) is 6.92. The van der Waals surface area contributed by atoms with E-state index in [4.69, 9.17) is 9.47 Å². The van der Waals surface area contributed by atoms with Crippen LogP contribution in [0, 0.1) is 11.8 Å². The van der Waals surface area contributed by atoms with E-state index < -0.39 is 19.5 Å². The Balaban J connectivity index is 1.38. The minimum absolute atomic E-state index is 0.00285. The van der Waals surface area contributed by atoms with Gasteiger partial charge in [-0.05, 0) is 56.6 Å². The van der Waals surface area contributed by atoms with E-state index in [2.05, 4.69) is 47.3 Å². The second-order valence-electron chi connectivity index (χ2n) is 13.9. The van der Waals surface area contributed by atoms with Gasteiger partial charge in [-0.1, -0.05) is 39.4 Å². The lowest BCUT2D eigenvalue weighted by atomic mass is 9.76. The number of rotatable bonds is 11. The first-order valence-electron chi connectivity index (χ1n) is 16.1. The number of fused-ring (bicyclic) bond motifs is 2. The maximum absolute atomic E-state index is 13.9. The zero-order valence-electron chi connectivity index (χ0n) is 26.9. The molecule has 1 saturated carbocycles. The molecule has 3 amide bonds. The van der Waals surface area contributed by atoms with E-state index in [1.165, 1.54) is 0 Å². The molecule has 4 heterocycles. The van der Waals surface area contributed by atoms with Gasteiger partial charge in [-0.2, -0.15) is 5.10 Å². The van der Waals surface area contributed by atoms with E-state index in [-0.39, 0.29) is 30.4 Å². The molecule has 0 radical (unpaired) electrons. The van der Waals surface area contributed by atoms with Gasteiger partial charge >= 0.3 is 0 Å². The fourth-order valence-corrected chi connectivity index (χ4v) is 7.42. The standard InChI is InChI=1S/C32H48N6O5Si/c1-6-38-25(11-14-34-38)29(39)36-28(23-9-7-22(2)8-10-23)30(40)35-27-19-26-24(20-33-27)32(12-15-42-16-13-32)31(41)37(26)21-43-17-18-44(3,4)5/h11,14,19-20,22-23,28H,6-10,12-13,15-18,21H2,1-5H3,(H,36,39)(H,33,35,40)/t22?,23?,28-/m0/s1. The Labute approximate surface area is 261 Å². The van der Waals surface area contributed by atoms with Crippen molar-refractivity contribution in [1.29, 1.82) is 0 Å². The number of aryl methyl sites for hydroxylation is 1. The van der Waals surface area contributed by atoms with Gasteiger partial charge in [0.15, 0.2) is 0 Å². The number of nitrogens with zero attached hydrogens (tertiary/aromatic N) is 4. The number of ether oxygens (including phenoxy) is 2. The van der Waals surface area contributed by atoms with Crippen molar-refractivity contribution in [2.45, 2.75) is 96.1 Å². The van der Waals surface area contributed by atoms with Crippen LogP contribution in [0.4, 0.5) is 11.5 Å². The predicted octanol–water partition coefficient (Wildman–Crippen LogP) is 4.57. The third-order valence-corrected chi connectivity index (χ3v) is 11.2. The lowest BCUT2D eigenvalue weighted by Gasteiger charge is -2.32. The van der Waals surface area contributed by atoms with Gasteiger partial charge in [-0.15, -0.1) is 0 Å². The first kappa shape index (κ1) is 32.3. The van der Waals surface area contributed by atoms with Crippen LogP contribution in [-0.2, 0) is 31.0 Å². The van der Waals surface area contributed by atoms with Gasteiger partial charge in [0.25, 0.3) is 5.91 Å². The van der Waals surface area contributed by atoms with Crippen LogP contribution in [0.5, 0.6) is 0 Å². The van der Waals surface area contributed by atoms with Crippen LogP contribution in [0.2, 0.25) is 25.7 Å². The molecule has 240 valence electrons. The molecular weight excluding hydrogens is 576 g/mol. The number of anilines is 2. The van der Waals surface area contributed by atoms with Crippen molar-refractivity contribution in [1.82, 2.24) is 20.1 Å². The van der Waals surface area contributed by atoms with Crippen LogP contribution < -0.4 is 15.5 Å². The van der Waals surface area contributed by atoms with Gasteiger partial charge in [0.05, 0.1) is 11.1 Å². The number of amides is 3. The van der Waals surface area contributed by atoms with Crippen molar-refractivity contribution in [3.05, 3.63) is 35.8 Å². The maximum atomic E-state index is 13.9. The number of nitrogens with one attached hydrogen (secondary N) is 2. The van der Waals surface area contributed by atoms with Crippen molar-refractivity contribution in [3.8, 4) is 0 Å². The summed E-state index contributed by atoms with van der Waals surface area (Å²) in [6.07, 6.45) is 8.21. The summed E-state index contributed by atoms with van der Waals surface area (Å²) in [5, 5.41) is 10.2. The predicted molar refractivity (Wildman–Crippen MR) is 171 cm³/mol. The highest BCUT2D eigenvalue weighted by Crippen LogP contribution is 2.48. The zero-order chi connectivity index (χ0) is 31.5. The quantitative estimate of drug-likeness (QED) is 0.277. The number of carbonyl (C=O) groups is 3. The number of aromatic nitrogens is 3. The summed E-state index contributed by atoms with van der Waals surface area (Å²) in [5.74, 6) is 0.322. The maximum Gasteiger partial charge on any atom is 0.270 e. The molecule has 2 N–H and O–H groups in total. The van der Waals surface area contributed by atoms with Gasteiger partial charge in [-0.3, -0.25) is 24.0 Å². The Morgan fingerprint density at radius 1 is 1.18 bits per heavy atom. The van der Waals surface area contributed by atoms with Crippen LogP contribution in [0.3, 0.4) is 0 Å². The molecule has 2 aromatic rings. The lowest BCUT2D eigenvalue weighted by Crippen LogP contribution is -2.49. The monoisotopic (exact) mass is 624 g/mol. The summed E-state index contributed by atoms with van der Waals surface area (Å²) in [4.78, 5) is 47.5. The van der Waals surface area contributed by atoms with Crippen molar-refractivity contribution >= 4 is 37.3 Å². The molecule has 1 spiro atoms. The van der Waals surface area contributed by atoms with Crippen molar-refractivity contribution < 1.29 is 23.9 Å². The number of pyridine rings is 1. The molecule has 2 aliphatic heterocycles.